The van der Waals surface area contributed by atoms with Crippen molar-refractivity contribution in [2.75, 3.05) is 52.9 Å². The Kier molecular flexibility index (Phi) is 24.5. The first kappa shape index (κ1) is 64.7. The summed E-state index contributed by atoms with van der Waals surface area (Å²) in [5.74, 6) is 20.1. The van der Waals surface area contributed by atoms with Crippen LogP contribution >= 0.6 is 0 Å². The second-order valence-electron chi connectivity index (χ2n) is 32.9. The van der Waals surface area contributed by atoms with E-state index in [1.807, 2.05) is 0 Å². The van der Waals surface area contributed by atoms with Gasteiger partial charge in [0, 0.05) is 46.2 Å². The Morgan fingerprint density at radius 3 is 1.33 bits per heavy atom. The normalized spacial score (nSPS) is 45.7. The molecule has 19 aliphatic rings. The summed E-state index contributed by atoms with van der Waals surface area (Å²) in [6, 6.07) is 0. The van der Waals surface area contributed by atoms with Crippen LogP contribution in [0.2, 0.25) is 0 Å². The highest BCUT2D eigenvalue weighted by molar-refractivity contribution is 5.04. The first-order chi connectivity index (χ1) is 39.9. The Morgan fingerprint density at radius 2 is 0.854 bits per heavy atom. The zero-order valence-electron chi connectivity index (χ0n) is 55.4. The molecule has 0 aromatic carbocycles. The summed E-state index contributed by atoms with van der Waals surface area (Å²) in [5.41, 5.74) is 0.980. The van der Waals surface area contributed by atoms with E-state index in [9.17, 15) is 0 Å². The van der Waals surface area contributed by atoms with Gasteiger partial charge in [-0.2, -0.15) is 0 Å². The average molecular weight is 1140 g/mol. The summed E-state index contributed by atoms with van der Waals surface area (Å²) in [6.45, 7) is 27.3. The van der Waals surface area contributed by atoms with Crippen LogP contribution in [0.1, 0.15) is 281 Å². The van der Waals surface area contributed by atoms with Crippen LogP contribution < -0.4 is 0 Å². The van der Waals surface area contributed by atoms with E-state index in [0.29, 0.717) is 29.3 Å². The highest BCUT2D eigenvalue weighted by Gasteiger charge is 2.53. The van der Waals surface area contributed by atoms with E-state index in [0.717, 1.165) is 171 Å². The molecule has 82 heavy (non-hydrogen) atoms. The van der Waals surface area contributed by atoms with E-state index < -0.39 is 0 Å². The van der Waals surface area contributed by atoms with Gasteiger partial charge in [-0.3, -0.25) is 0 Å². The largest absolute Gasteiger partial charge is 0.381 e. The van der Waals surface area contributed by atoms with Gasteiger partial charge in [0.1, 0.15) is 0 Å². The first-order valence-corrected chi connectivity index (χ1v) is 37.5. The van der Waals surface area contributed by atoms with Gasteiger partial charge in [-0.1, -0.05) is 65.7 Å². The monoisotopic (exact) mass is 1140 g/mol. The molecule has 0 heterocycles. The standard InChI is InChI=1S/C14H26O.2C13H22O.2C12H20O.C12H24O/c1-2-15-14-10-6-9-13(11-14)12-7-4-3-5-8-12;1-2-14-9-13-6-10-3-11(7-13)5-12(4-10)8-13;1-2-14-8-13-11-4-9-3-10(6-11)7-12(13)5-9;1-2-13-12-6-9-3-10(7-12)5-11(4-9)8-12;1-2-13-12-10-4-8-3-9(6-10)7-11(12)5-8;1-5-13-12-8-10(4)6-7-11(12)9(2)3/h12-14H,2-11H2,1H3;10-12H,2-9H2,1H3;9-13H,2-8H2,1H3;9-11H,2-8H2,1H3;8-12H,2-7H2,1H3;9-12H,5-8H2,1-4H3. The fourth-order valence-corrected chi connectivity index (χ4v) is 24.3. The minimum atomic E-state index is 0.351. The molecule has 6 nitrogen and oxygen atoms in total. The van der Waals surface area contributed by atoms with Gasteiger partial charge in [0.2, 0.25) is 0 Å². The molecule has 19 saturated carbocycles. The third-order valence-electron chi connectivity index (χ3n) is 26.4. The quantitative estimate of drug-likeness (QED) is 0.154. The maximum absolute atomic E-state index is 6.04. The highest BCUT2D eigenvalue weighted by Crippen LogP contribution is 2.61. The van der Waals surface area contributed by atoms with Gasteiger partial charge < -0.3 is 28.4 Å². The van der Waals surface area contributed by atoms with Crippen molar-refractivity contribution in [3.05, 3.63) is 0 Å². The van der Waals surface area contributed by atoms with Gasteiger partial charge >= 0.3 is 0 Å². The zero-order valence-corrected chi connectivity index (χ0v) is 55.4. The Labute approximate surface area is 507 Å². The summed E-state index contributed by atoms with van der Waals surface area (Å²) in [6.07, 6.45) is 51.8. The van der Waals surface area contributed by atoms with Gasteiger partial charge in [-0.05, 0) is 339 Å². The Bertz CT molecular complexity index is 1690. The summed E-state index contributed by atoms with van der Waals surface area (Å²) >= 11 is 0. The van der Waals surface area contributed by atoms with Crippen LogP contribution in [0.3, 0.4) is 0 Å². The number of hydrogen-bond donors (Lipinski definition) is 0. The maximum Gasteiger partial charge on any atom is 0.0690 e. The first-order valence-electron chi connectivity index (χ1n) is 37.5. The number of ether oxygens (including phenoxy) is 6. The third-order valence-corrected chi connectivity index (χ3v) is 26.4. The van der Waals surface area contributed by atoms with Crippen molar-refractivity contribution in [3.63, 3.8) is 0 Å². The average Bonchev–Trinajstić information content (AvgIpc) is 3.60. The van der Waals surface area contributed by atoms with Gasteiger partial charge in [0.05, 0.1) is 30.5 Å². The lowest BCUT2D eigenvalue weighted by Crippen LogP contribution is -2.51. The fraction of sp³-hybridized carbons (Fsp3) is 1.00. The lowest BCUT2D eigenvalue weighted by molar-refractivity contribution is -0.159. The molecule has 474 valence electrons. The van der Waals surface area contributed by atoms with Crippen molar-refractivity contribution in [2.45, 2.75) is 305 Å². The molecule has 6 heteroatoms. The van der Waals surface area contributed by atoms with Crippen molar-refractivity contribution in [3.8, 4) is 0 Å². The molecule has 0 aromatic heterocycles. The molecule has 19 rings (SSSR count). The van der Waals surface area contributed by atoms with Crippen molar-refractivity contribution < 1.29 is 28.4 Å². The lowest BCUT2D eigenvalue weighted by atomic mass is 9.50. The van der Waals surface area contributed by atoms with E-state index in [-0.39, 0.29) is 0 Å². The van der Waals surface area contributed by atoms with E-state index in [1.54, 1.807) is 32.1 Å². The van der Waals surface area contributed by atoms with E-state index in [2.05, 4.69) is 62.3 Å². The summed E-state index contributed by atoms with van der Waals surface area (Å²) in [4.78, 5) is 0. The predicted octanol–water partition coefficient (Wildman–Crippen LogP) is 19.8. The van der Waals surface area contributed by atoms with Crippen molar-refractivity contribution in [1.29, 1.82) is 0 Å². The number of hydrogen-bond acceptors (Lipinski definition) is 6. The Hall–Kier alpha value is -0.240. The minimum Gasteiger partial charge on any atom is -0.381 e. The molecular formula is C76H134O6. The fourth-order valence-electron chi connectivity index (χ4n) is 24.3. The molecule has 19 aliphatic carbocycles. The second-order valence-corrected chi connectivity index (χ2v) is 32.9. The van der Waals surface area contributed by atoms with Crippen molar-refractivity contribution in [2.24, 2.45) is 124 Å². The Morgan fingerprint density at radius 1 is 0.378 bits per heavy atom. The van der Waals surface area contributed by atoms with Crippen LogP contribution in [0.15, 0.2) is 0 Å². The van der Waals surface area contributed by atoms with Gasteiger partial charge in [-0.25, -0.2) is 0 Å². The molecule has 19 fully saturated rings. The molecule has 0 N–H and O–H groups in total. The minimum absolute atomic E-state index is 0.351. The van der Waals surface area contributed by atoms with Crippen LogP contribution in [0.5, 0.6) is 0 Å². The molecular weight excluding hydrogens is 1010 g/mol. The van der Waals surface area contributed by atoms with Crippen molar-refractivity contribution in [1.82, 2.24) is 0 Å². The molecule has 0 aliphatic heterocycles. The highest BCUT2D eigenvalue weighted by atomic mass is 16.5. The summed E-state index contributed by atoms with van der Waals surface area (Å²) in [5, 5.41) is 0. The van der Waals surface area contributed by atoms with Gasteiger partial charge in [0.25, 0.3) is 0 Å². The molecule has 5 atom stereocenters. The number of rotatable bonds is 16. The second kappa shape index (κ2) is 31.0. The topological polar surface area (TPSA) is 55.4 Å². The Balaban J connectivity index is 0.000000110. The third kappa shape index (κ3) is 17.0. The predicted molar refractivity (Wildman–Crippen MR) is 340 cm³/mol. The molecule has 5 unspecified atom stereocenters. The SMILES string of the molecule is CCOC12CC3CC(CC(C3)C1)C2.CCOC1C2CC3CC(C2)CC1C3.CCOC1CC(C)CCC1C(C)C.CCOC1CCCC(C2CCCCC2)C1.CCOCC12CC3CC(CC(C3)C1)C2.CCOCC1C2CC3CC(C2)CC1C3. The van der Waals surface area contributed by atoms with E-state index in [4.69, 9.17) is 28.4 Å². The van der Waals surface area contributed by atoms with Crippen molar-refractivity contribution >= 4 is 0 Å². The molecule has 0 spiro atoms. The van der Waals surface area contributed by atoms with E-state index >= 15 is 0 Å². The van der Waals surface area contributed by atoms with Crippen LogP contribution in [0.4, 0.5) is 0 Å². The van der Waals surface area contributed by atoms with E-state index in [1.165, 1.54) is 186 Å². The smallest absolute Gasteiger partial charge is 0.0690 e. The maximum atomic E-state index is 6.04. The molecule has 0 saturated heterocycles. The molecule has 16 bridgehead atoms. The lowest BCUT2D eigenvalue weighted by Gasteiger charge is -2.56. The van der Waals surface area contributed by atoms with Crippen LogP contribution in [-0.2, 0) is 28.4 Å². The van der Waals surface area contributed by atoms with Gasteiger partial charge in [-0.15, -0.1) is 0 Å². The molecule has 0 aromatic rings. The summed E-state index contributed by atoms with van der Waals surface area (Å²) in [7, 11) is 0. The zero-order chi connectivity index (χ0) is 57.2. The van der Waals surface area contributed by atoms with Crippen LogP contribution in [-0.4, -0.2) is 76.8 Å². The van der Waals surface area contributed by atoms with Crippen LogP contribution in [0, 0.1) is 124 Å². The summed E-state index contributed by atoms with van der Waals surface area (Å²) < 4.78 is 35.0. The molecule has 0 radical (unpaired) electrons. The van der Waals surface area contributed by atoms with Gasteiger partial charge in [0.15, 0.2) is 0 Å². The molecule has 0 amide bonds. The van der Waals surface area contributed by atoms with Crippen LogP contribution in [0.25, 0.3) is 0 Å².